The van der Waals surface area contributed by atoms with Crippen LogP contribution in [0.15, 0.2) is 40.9 Å². The first-order valence-electron chi connectivity index (χ1n) is 5.48. The summed E-state index contributed by atoms with van der Waals surface area (Å²) in [6.07, 6.45) is 0. The van der Waals surface area contributed by atoms with Crippen molar-refractivity contribution in [1.29, 1.82) is 5.26 Å². The van der Waals surface area contributed by atoms with E-state index >= 15 is 0 Å². The van der Waals surface area contributed by atoms with E-state index in [-0.39, 0.29) is 12.2 Å². The van der Waals surface area contributed by atoms with Crippen molar-refractivity contribution in [2.45, 2.75) is 6.54 Å². The SMILES string of the molecule is N#Cc1ccc(F)cc1CNc1c(F)cccc1Br. The van der Waals surface area contributed by atoms with Crippen molar-refractivity contribution in [2.75, 3.05) is 5.32 Å². The second-order valence-electron chi connectivity index (χ2n) is 3.86. The Morgan fingerprint density at radius 1 is 1.21 bits per heavy atom. The van der Waals surface area contributed by atoms with Crippen LogP contribution in [0.4, 0.5) is 14.5 Å². The molecule has 0 bridgehead atoms. The molecule has 0 fully saturated rings. The smallest absolute Gasteiger partial charge is 0.147 e. The van der Waals surface area contributed by atoms with Gasteiger partial charge in [0.15, 0.2) is 0 Å². The van der Waals surface area contributed by atoms with Crippen LogP contribution in [0.5, 0.6) is 0 Å². The summed E-state index contributed by atoms with van der Waals surface area (Å²) in [7, 11) is 0. The molecule has 0 aliphatic heterocycles. The topological polar surface area (TPSA) is 35.8 Å². The molecule has 19 heavy (non-hydrogen) atoms. The van der Waals surface area contributed by atoms with E-state index in [1.54, 1.807) is 12.1 Å². The zero-order valence-corrected chi connectivity index (χ0v) is 11.3. The highest BCUT2D eigenvalue weighted by atomic mass is 79.9. The van der Waals surface area contributed by atoms with Crippen LogP contribution < -0.4 is 5.32 Å². The molecule has 0 atom stereocenters. The lowest BCUT2D eigenvalue weighted by Gasteiger charge is -2.10. The predicted molar refractivity (Wildman–Crippen MR) is 72.5 cm³/mol. The molecule has 2 rings (SSSR count). The van der Waals surface area contributed by atoms with Crippen LogP contribution >= 0.6 is 15.9 Å². The van der Waals surface area contributed by atoms with Gasteiger partial charge in [0, 0.05) is 11.0 Å². The van der Waals surface area contributed by atoms with Gasteiger partial charge in [-0.15, -0.1) is 0 Å². The number of hydrogen-bond acceptors (Lipinski definition) is 2. The third-order valence-electron chi connectivity index (χ3n) is 2.61. The van der Waals surface area contributed by atoms with Gasteiger partial charge in [-0.25, -0.2) is 8.78 Å². The average Bonchev–Trinajstić information content (AvgIpc) is 2.38. The first kappa shape index (κ1) is 13.5. The highest BCUT2D eigenvalue weighted by Gasteiger charge is 2.08. The molecule has 2 aromatic rings. The van der Waals surface area contributed by atoms with Crippen LogP contribution in [0.3, 0.4) is 0 Å². The second-order valence-corrected chi connectivity index (χ2v) is 4.72. The maximum absolute atomic E-state index is 13.6. The number of hydrogen-bond donors (Lipinski definition) is 1. The van der Waals surface area contributed by atoms with E-state index < -0.39 is 11.6 Å². The largest absolute Gasteiger partial charge is 0.378 e. The third-order valence-corrected chi connectivity index (χ3v) is 3.27. The highest BCUT2D eigenvalue weighted by molar-refractivity contribution is 9.10. The number of halogens is 3. The summed E-state index contributed by atoms with van der Waals surface area (Å²) in [4.78, 5) is 0. The van der Waals surface area contributed by atoms with Crippen molar-refractivity contribution < 1.29 is 8.78 Å². The standard InChI is InChI=1S/C14H9BrF2N2/c15-12-2-1-3-13(17)14(12)19-8-10-6-11(16)5-4-9(10)7-18/h1-6,19H,8H2. The molecule has 5 heteroatoms. The zero-order valence-electron chi connectivity index (χ0n) is 9.75. The van der Waals surface area contributed by atoms with Crippen LogP contribution in [-0.2, 0) is 6.54 Å². The summed E-state index contributed by atoms with van der Waals surface area (Å²) in [5, 5.41) is 11.8. The summed E-state index contributed by atoms with van der Waals surface area (Å²) in [6, 6.07) is 10.5. The minimum atomic E-state index is -0.427. The van der Waals surface area contributed by atoms with Crippen LogP contribution in [0.1, 0.15) is 11.1 Å². The van der Waals surface area contributed by atoms with E-state index in [9.17, 15) is 8.78 Å². The van der Waals surface area contributed by atoms with Gasteiger partial charge in [0.05, 0.1) is 17.3 Å². The fourth-order valence-corrected chi connectivity index (χ4v) is 2.15. The normalized spacial score (nSPS) is 10.0. The molecule has 1 N–H and O–H groups in total. The number of nitrogens with one attached hydrogen (secondary N) is 1. The van der Waals surface area contributed by atoms with Crippen molar-refractivity contribution in [3.05, 3.63) is 63.6 Å². The fourth-order valence-electron chi connectivity index (χ4n) is 1.67. The first-order valence-corrected chi connectivity index (χ1v) is 6.27. The van der Waals surface area contributed by atoms with Gasteiger partial charge in [-0.2, -0.15) is 5.26 Å². The molecule has 96 valence electrons. The Hall–Kier alpha value is -1.93. The molecular weight excluding hydrogens is 314 g/mol. The van der Waals surface area contributed by atoms with Crippen LogP contribution in [-0.4, -0.2) is 0 Å². The number of anilines is 1. The molecule has 0 aliphatic carbocycles. The monoisotopic (exact) mass is 322 g/mol. The van der Waals surface area contributed by atoms with Gasteiger partial charge >= 0.3 is 0 Å². The number of nitrogens with zero attached hydrogens (tertiary/aromatic N) is 1. The summed E-state index contributed by atoms with van der Waals surface area (Å²) in [5.74, 6) is -0.840. The Labute approximate surface area is 117 Å². The number of nitriles is 1. The Morgan fingerprint density at radius 3 is 2.68 bits per heavy atom. The summed E-state index contributed by atoms with van der Waals surface area (Å²) >= 11 is 3.23. The first-order chi connectivity index (χ1) is 9.11. The van der Waals surface area contributed by atoms with Gasteiger partial charge in [0.25, 0.3) is 0 Å². The van der Waals surface area contributed by atoms with Crippen molar-refractivity contribution in [3.63, 3.8) is 0 Å². The Bertz CT molecular complexity index is 630. The molecule has 0 aliphatic rings. The fraction of sp³-hybridized carbons (Fsp3) is 0.0714. The van der Waals surface area contributed by atoms with Gasteiger partial charge in [-0.05, 0) is 51.8 Å². The van der Waals surface area contributed by atoms with Gasteiger partial charge in [0.2, 0.25) is 0 Å². The molecule has 0 heterocycles. The van der Waals surface area contributed by atoms with Gasteiger partial charge in [0.1, 0.15) is 11.6 Å². The zero-order chi connectivity index (χ0) is 13.8. The van der Waals surface area contributed by atoms with E-state index in [1.807, 2.05) is 6.07 Å². The molecule has 2 aromatic carbocycles. The summed E-state index contributed by atoms with van der Waals surface area (Å²) in [5.41, 5.74) is 1.13. The van der Waals surface area contributed by atoms with Crippen LogP contribution in [0.25, 0.3) is 0 Å². The lowest BCUT2D eigenvalue weighted by Crippen LogP contribution is -2.04. The number of para-hydroxylation sites is 1. The quantitative estimate of drug-likeness (QED) is 0.918. The third kappa shape index (κ3) is 3.09. The van der Waals surface area contributed by atoms with Gasteiger partial charge < -0.3 is 5.32 Å². The van der Waals surface area contributed by atoms with E-state index in [4.69, 9.17) is 5.26 Å². The molecule has 0 radical (unpaired) electrons. The second kappa shape index (κ2) is 5.81. The van der Waals surface area contributed by atoms with Crippen molar-refractivity contribution >= 4 is 21.6 Å². The average molecular weight is 323 g/mol. The Balaban J connectivity index is 2.24. The maximum atomic E-state index is 13.6. The molecule has 2 nitrogen and oxygen atoms in total. The minimum Gasteiger partial charge on any atom is -0.378 e. The predicted octanol–water partition coefficient (Wildman–Crippen LogP) is 4.21. The summed E-state index contributed by atoms with van der Waals surface area (Å²) < 4.78 is 27.3. The van der Waals surface area contributed by atoms with Crippen molar-refractivity contribution in [2.24, 2.45) is 0 Å². The molecule has 0 saturated carbocycles. The molecule has 0 aromatic heterocycles. The van der Waals surface area contributed by atoms with Crippen LogP contribution in [0, 0.1) is 23.0 Å². The van der Waals surface area contributed by atoms with E-state index in [2.05, 4.69) is 21.2 Å². The van der Waals surface area contributed by atoms with Gasteiger partial charge in [-0.1, -0.05) is 6.07 Å². The molecule has 0 amide bonds. The maximum Gasteiger partial charge on any atom is 0.147 e. The van der Waals surface area contributed by atoms with E-state index in [0.717, 1.165) is 0 Å². The van der Waals surface area contributed by atoms with Gasteiger partial charge in [-0.3, -0.25) is 0 Å². The van der Waals surface area contributed by atoms with Crippen molar-refractivity contribution in [3.8, 4) is 6.07 Å². The Morgan fingerprint density at radius 2 is 2.00 bits per heavy atom. The lowest BCUT2D eigenvalue weighted by molar-refractivity contribution is 0.624. The van der Waals surface area contributed by atoms with Crippen LogP contribution in [0.2, 0.25) is 0 Å². The molecule has 0 unspecified atom stereocenters. The Kier molecular flexibility index (Phi) is 4.13. The number of rotatable bonds is 3. The highest BCUT2D eigenvalue weighted by Crippen LogP contribution is 2.26. The van der Waals surface area contributed by atoms with E-state index in [0.29, 0.717) is 15.6 Å². The van der Waals surface area contributed by atoms with Crippen molar-refractivity contribution in [1.82, 2.24) is 0 Å². The molecule has 0 saturated heterocycles. The van der Waals surface area contributed by atoms with E-state index in [1.165, 1.54) is 24.3 Å². The summed E-state index contributed by atoms with van der Waals surface area (Å²) in [6.45, 7) is 0.167. The minimum absolute atomic E-state index is 0.167. The molecule has 0 spiro atoms. The lowest BCUT2D eigenvalue weighted by atomic mass is 10.1. The number of benzene rings is 2. The molecular formula is C14H9BrF2N2.